The predicted molar refractivity (Wildman–Crippen MR) is 144 cm³/mol. The minimum atomic E-state index is -1.13. The zero-order valence-corrected chi connectivity index (χ0v) is 25.8. The number of allylic oxidation sites excluding steroid dienone is 8. The Bertz CT molecular complexity index is 1080. The van der Waals surface area contributed by atoms with Gasteiger partial charge in [0.2, 0.25) is 0 Å². The van der Waals surface area contributed by atoms with Crippen LogP contribution in [0.2, 0.25) is 0 Å². The van der Waals surface area contributed by atoms with E-state index >= 15 is 0 Å². The molecule has 0 amide bonds. The first-order valence-corrected chi connectivity index (χ1v) is 16.5. The zero-order valence-electron chi connectivity index (χ0n) is 21.8. The van der Waals surface area contributed by atoms with E-state index in [1.807, 2.05) is 0 Å². The van der Waals surface area contributed by atoms with E-state index in [2.05, 4.69) is 85.0 Å². The topological polar surface area (TPSA) is 0 Å². The second kappa shape index (κ2) is 12.8. The van der Waals surface area contributed by atoms with Gasteiger partial charge in [0.05, 0.1) is 0 Å². The van der Waals surface area contributed by atoms with E-state index in [4.69, 9.17) is 0 Å². The summed E-state index contributed by atoms with van der Waals surface area (Å²) in [6, 6.07) is 23.3. The Kier molecular flexibility index (Phi) is 9.99. The largest absolute Gasteiger partial charge is 1.00 e. The van der Waals surface area contributed by atoms with Crippen molar-refractivity contribution in [2.24, 2.45) is 0 Å². The van der Waals surface area contributed by atoms with Gasteiger partial charge in [-0.15, -0.1) is 0 Å². The predicted octanol–water partition coefficient (Wildman–Crippen LogP) is 3.31. The maximum Gasteiger partial charge on any atom is -1.00 e. The van der Waals surface area contributed by atoms with E-state index in [1.165, 1.54) is 77.0 Å². The quantitative estimate of drug-likeness (QED) is 0.500. The molecule has 0 radical (unpaired) electrons. The molecule has 6 rings (SSSR count). The van der Waals surface area contributed by atoms with Crippen LogP contribution in [0.4, 0.5) is 0 Å². The Morgan fingerprint density at radius 2 is 0.838 bits per heavy atom. The molecule has 37 heavy (non-hydrogen) atoms. The van der Waals surface area contributed by atoms with Gasteiger partial charge in [-0.2, -0.15) is 0 Å². The van der Waals surface area contributed by atoms with Gasteiger partial charge < -0.3 is 24.8 Å². The molecular formula is C34H38Cl2Zr. The molecule has 0 N–H and O–H groups in total. The summed E-state index contributed by atoms with van der Waals surface area (Å²) in [4.78, 5) is 0. The van der Waals surface area contributed by atoms with Gasteiger partial charge in [0.1, 0.15) is 0 Å². The standard InChI is InChI=1S/2C17H19.2ClH.Zr/c2*1-2-7-11-16-15(10-4-1)12-13-17(16)14-8-5-3-6-9-14;;;/h2*3,5-6,8-9,12-13H,1-2,4,7,10-11H2;2*1H;/q;;;;+2/p-2. The van der Waals surface area contributed by atoms with E-state index < -0.39 is 23.2 Å². The van der Waals surface area contributed by atoms with Crippen molar-refractivity contribution in [3.05, 3.63) is 118 Å². The van der Waals surface area contributed by atoms with Crippen LogP contribution in [0.5, 0.6) is 0 Å². The van der Waals surface area contributed by atoms with Crippen molar-refractivity contribution in [3.63, 3.8) is 0 Å². The SMILES string of the molecule is C1=C[C]([Zr+2][C]2(c3ccccc3)C=CC3=C2CCCCCC3)(c2ccccc2)C2=C1CCCCCC2.[Cl-].[Cl-]. The first kappa shape index (κ1) is 28.9. The Hall–Kier alpha value is -1.14. The van der Waals surface area contributed by atoms with E-state index in [0.29, 0.717) is 0 Å². The van der Waals surface area contributed by atoms with E-state index in [0.717, 1.165) is 0 Å². The van der Waals surface area contributed by atoms with Crippen molar-refractivity contribution in [1.82, 2.24) is 0 Å². The molecule has 192 valence electrons. The average molecular weight is 609 g/mol. The minimum absolute atomic E-state index is 0. The molecule has 4 aliphatic carbocycles. The van der Waals surface area contributed by atoms with Gasteiger partial charge in [0.15, 0.2) is 0 Å². The van der Waals surface area contributed by atoms with Crippen molar-refractivity contribution in [3.8, 4) is 0 Å². The molecule has 2 aromatic rings. The third-order valence-electron chi connectivity index (χ3n) is 8.89. The maximum absolute atomic E-state index is 2.70. The molecule has 2 aromatic carbocycles. The summed E-state index contributed by atoms with van der Waals surface area (Å²) < 4.78 is 0.310. The fourth-order valence-corrected chi connectivity index (χ4v) is 13.1. The van der Waals surface area contributed by atoms with Crippen LogP contribution in [0.25, 0.3) is 0 Å². The molecular weight excluding hydrogens is 571 g/mol. The van der Waals surface area contributed by atoms with Crippen molar-refractivity contribution >= 4 is 0 Å². The van der Waals surface area contributed by atoms with E-state index in [1.54, 1.807) is 33.4 Å². The van der Waals surface area contributed by atoms with Crippen LogP contribution in [0, 0.1) is 0 Å². The Morgan fingerprint density at radius 1 is 0.459 bits per heavy atom. The van der Waals surface area contributed by atoms with Crippen LogP contribution in [0.3, 0.4) is 0 Å². The Morgan fingerprint density at radius 3 is 1.24 bits per heavy atom. The molecule has 0 nitrogen and oxygen atoms in total. The van der Waals surface area contributed by atoms with Gasteiger partial charge in [-0.25, -0.2) is 0 Å². The Labute approximate surface area is 248 Å². The monoisotopic (exact) mass is 606 g/mol. The van der Waals surface area contributed by atoms with E-state index in [-0.39, 0.29) is 31.1 Å². The molecule has 0 spiro atoms. The molecule has 2 unspecified atom stereocenters. The van der Waals surface area contributed by atoms with Gasteiger partial charge >= 0.3 is 225 Å². The minimum Gasteiger partial charge on any atom is -1.00 e. The third-order valence-corrected chi connectivity index (χ3v) is 14.6. The number of benzene rings is 2. The number of hydrogen-bond donors (Lipinski definition) is 0. The second-order valence-corrected chi connectivity index (χ2v) is 15.5. The third kappa shape index (κ3) is 5.48. The van der Waals surface area contributed by atoms with Crippen LogP contribution >= 0.6 is 0 Å². The molecule has 0 aliphatic heterocycles. The molecule has 0 aromatic heterocycles. The first-order chi connectivity index (χ1) is 17.3. The van der Waals surface area contributed by atoms with Crippen LogP contribution < -0.4 is 24.8 Å². The average Bonchev–Trinajstić information content (AvgIpc) is 3.38. The van der Waals surface area contributed by atoms with E-state index in [9.17, 15) is 0 Å². The van der Waals surface area contributed by atoms with Gasteiger partial charge in [-0.3, -0.25) is 0 Å². The molecule has 3 heteroatoms. The summed E-state index contributed by atoms with van der Waals surface area (Å²) in [6.45, 7) is 0. The summed E-state index contributed by atoms with van der Waals surface area (Å²) in [5, 5.41) is 0. The molecule has 0 heterocycles. The van der Waals surface area contributed by atoms with Gasteiger partial charge in [-0.1, -0.05) is 0 Å². The zero-order chi connectivity index (χ0) is 23.6. The second-order valence-electron chi connectivity index (χ2n) is 11.0. The number of halogens is 2. The molecule has 0 bridgehead atoms. The molecule has 4 aliphatic rings. The molecule has 0 fully saturated rings. The normalized spacial score (nSPS) is 27.0. The fourth-order valence-electron chi connectivity index (χ4n) is 7.12. The summed E-state index contributed by atoms with van der Waals surface area (Å²) in [7, 11) is 0. The summed E-state index contributed by atoms with van der Waals surface area (Å²) >= 11 is -1.13. The fraction of sp³-hybridized carbons (Fsp3) is 0.412. The number of hydrogen-bond acceptors (Lipinski definition) is 0. The van der Waals surface area contributed by atoms with Crippen LogP contribution in [-0.4, -0.2) is 0 Å². The summed E-state index contributed by atoms with van der Waals surface area (Å²) in [5.74, 6) is 0. The summed E-state index contributed by atoms with van der Waals surface area (Å²) in [6.07, 6.45) is 26.7. The van der Waals surface area contributed by atoms with Crippen LogP contribution in [0.1, 0.15) is 88.2 Å². The van der Waals surface area contributed by atoms with Crippen molar-refractivity contribution in [2.75, 3.05) is 0 Å². The van der Waals surface area contributed by atoms with Crippen LogP contribution in [0.15, 0.2) is 107 Å². The first-order valence-electron chi connectivity index (χ1n) is 14.1. The van der Waals surface area contributed by atoms with Crippen LogP contribution in [-0.2, 0) is 29.5 Å². The van der Waals surface area contributed by atoms with Crippen molar-refractivity contribution in [1.29, 1.82) is 0 Å². The van der Waals surface area contributed by atoms with Gasteiger partial charge in [0.25, 0.3) is 0 Å². The van der Waals surface area contributed by atoms with Crippen molar-refractivity contribution < 1.29 is 48.0 Å². The van der Waals surface area contributed by atoms with Gasteiger partial charge in [-0.05, 0) is 0 Å². The maximum atomic E-state index is 2.70. The number of rotatable bonds is 4. The summed E-state index contributed by atoms with van der Waals surface area (Å²) in [5.41, 5.74) is 10.1. The molecule has 0 saturated heterocycles. The molecule has 0 saturated carbocycles. The van der Waals surface area contributed by atoms with Gasteiger partial charge in [0, 0.05) is 0 Å². The molecule has 2 atom stereocenters. The smallest absolute Gasteiger partial charge is 1.00 e. The Balaban J connectivity index is 0.00000160. The van der Waals surface area contributed by atoms with Crippen molar-refractivity contribution in [2.45, 2.75) is 83.3 Å².